The smallest absolute Gasteiger partial charge is 0.196 e. The molecule has 0 aliphatic carbocycles. The molecule has 0 amide bonds. The SMILES string of the molecule is Cc1nc(-c2nccn2C)nc(C)c1C(C)CN. The zero-order valence-corrected chi connectivity index (χ0v) is 11.3. The van der Waals surface area contributed by atoms with Gasteiger partial charge in [-0.2, -0.15) is 0 Å². The summed E-state index contributed by atoms with van der Waals surface area (Å²) in [4.78, 5) is 13.4. The third kappa shape index (κ3) is 2.13. The molecule has 96 valence electrons. The van der Waals surface area contributed by atoms with Gasteiger partial charge in [0.2, 0.25) is 0 Å². The van der Waals surface area contributed by atoms with Crippen LogP contribution in [0.2, 0.25) is 0 Å². The molecule has 0 aromatic carbocycles. The van der Waals surface area contributed by atoms with Crippen molar-refractivity contribution in [3.05, 3.63) is 29.3 Å². The number of nitrogens with zero attached hydrogens (tertiary/aromatic N) is 4. The van der Waals surface area contributed by atoms with Crippen molar-refractivity contribution in [3.63, 3.8) is 0 Å². The maximum absolute atomic E-state index is 5.73. The minimum atomic E-state index is 0.278. The van der Waals surface area contributed by atoms with Gasteiger partial charge in [0.05, 0.1) is 0 Å². The first kappa shape index (κ1) is 12.7. The molecule has 2 aromatic heterocycles. The van der Waals surface area contributed by atoms with E-state index in [-0.39, 0.29) is 5.92 Å². The number of hydrogen-bond acceptors (Lipinski definition) is 4. The molecular weight excluding hydrogens is 226 g/mol. The highest BCUT2D eigenvalue weighted by molar-refractivity contribution is 5.46. The molecule has 2 rings (SSSR count). The van der Waals surface area contributed by atoms with E-state index in [9.17, 15) is 0 Å². The highest BCUT2D eigenvalue weighted by Crippen LogP contribution is 2.23. The second-order valence-electron chi connectivity index (χ2n) is 4.63. The molecule has 0 saturated carbocycles. The number of aromatic nitrogens is 4. The van der Waals surface area contributed by atoms with Crippen molar-refractivity contribution in [2.75, 3.05) is 6.54 Å². The molecule has 5 heteroatoms. The van der Waals surface area contributed by atoms with Crippen LogP contribution in [0.1, 0.15) is 29.8 Å². The lowest BCUT2D eigenvalue weighted by Gasteiger charge is -2.15. The lowest BCUT2D eigenvalue weighted by atomic mass is 9.98. The van der Waals surface area contributed by atoms with Crippen LogP contribution in [0.3, 0.4) is 0 Å². The molecule has 2 aromatic rings. The summed E-state index contributed by atoms with van der Waals surface area (Å²) < 4.78 is 1.92. The largest absolute Gasteiger partial charge is 0.331 e. The summed E-state index contributed by atoms with van der Waals surface area (Å²) in [5, 5.41) is 0. The van der Waals surface area contributed by atoms with E-state index in [1.54, 1.807) is 6.20 Å². The van der Waals surface area contributed by atoms with E-state index in [2.05, 4.69) is 21.9 Å². The fourth-order valence-corrected chi connectivity index (χ4v) is 2.24. The molecule has 1 atom stereocenters. The predicted molar refractivity (Wildman–Crippen MR) is 71.2 cm³/mol. The van der Waals surface area contributed by atoms with Crippen LogP contribution in [-0.2, 0) is 7.05 Å². The van der Waals surface area contributed by atoms with E-state index >= 15 is 0 Å². The normalized spacial score (nSPS) is 12.7. The average molecular weight is 245 g/mol. The minimum Gasteiger partial charge on any atom is -0.331 e. The van der Waals surface area contributed by atoms with Gasteiger partial charge < -0.3 is 10.3 Å². The monoisotopic (exact) mass is 245 g/mol. The van der Waals surface area contributed by atoms with Crippen LogP contribution in [0.15, 0.2) is 12.4 Å². The van der Waals surface area contributed by atoms with E-state index in [1.165, 1.54) is 0 Å². The first-order valence-electron chi connectivity index (χ1n) is 6.07. The Labute approximate surface area is 107 Å². The molecular formula is C13H19N5. The Hall–Kier alpha value is -1.75. The van der Waals surface area contributed by atoms with Gasteiger partial charge in [0.25, 0.3) is 0 Å². The van der Waals surface area contributed by atoms with Crippen LogP contribution in [0.4, 0.5) is 0 Å². The Morgan fingerprint density at radius 2 is 1.89 bits per heavy atom. The van der Waals surface area contributed by atoms with E-state index in [1.807, 2.05) is 31.7 Å². The van der Waals surface area contributed by atoms with Gasteiger partial charge in [-0.15, -0.1) is 0 Å². The molecule has 0 aliphatic heterocycles. The highest BCUT2D eigenvalue weighted by Gasteiger charge is 2.16. The van der Waals surface area contributed by atoms with Crippen molar-refractivity contribution >= 4 is 0 Å². The molecule has 0 spiro atoms. The van der Waals surface area contributed by atoms with Crippen LogP contribution in [0.5, 0.6) is 0 Å². The van der Waals surface area contributed by atoms with Crippen LogP contribution in [0.25, 0.3) is 11.6 Å². The molecule has 2 heterocycles. The predicted octanol–water partition coefficient (Wildman–Crippen LogP) is 1.56. The maximum atomic E-state index is 5.73. The van der Waals surface area contributed by atoms with Crippen molar-refractivity contribution < 1.29 is 0 Å². The van der Waals surface area contributed by atoms with Gasteiger partial charge in [0.15, 0.2) is 11.6 Å². The fourth-order valence-electron chi connectivity index (χ4n) is 2.24. The van der Waals surface area contributed by atoms with Gasteiger partial charge in [0.1, 0.15) is 0 Å². The Balaban J connectivity index is 2.52. The van der Waals surface area contributed by atoms with E-state index in [0.29, 0.717) is 12.4 Å². The molecule has 1 unspecified atom stereocenters. The summed E-state index contributed by atoms with van der Waals surface area (Å²) in [5.41, 5.74) is 8.84. The zero-order valence-electron chi connectivity index (χ0n) is 11.3. The number of aryl methyl sites for hydroxylation is 3. The molecule has 18 heavy (non-hydrogen) atoms. The topological polar surface area (TPSA) is 69.6 Å². The Bertz CT molecular complexity index is 535. The van der Waals surface area contributed by atoms with Gasteiger partial charge >= 0.3 is 0 Å². The minimum absolute atomic E-state index is 0.278. The highest BCUT2D eigenvalue weighted by atomic mass is 15.1. The van der Waals surface area contributed by atoms with Gasteiger partial charge in [0, 0.05) is 30.8 Å². The van der Waals surface area contributed by atoms with Crippen LogP contribution in [0, 0.1) is 13.8 Å². The average Bonchev–Trinajstić information content (AvgIpc) is 2.74. The van der Waals surface area contributed by atoms with Gasteiger partial charge in [-0.05, 0) is 31.9 Å². The summed E-state index contributed by atoms with van der Waals surface area (Å²) in [6.45, 7) is 6.71. The van der Waals surface area contributed by atoms with Crippen LogP contribution >= 0.6 is 0 Å². The lowest BCUT2D eigenvalue weighted by molar-refractivity contribution is 0.742. The zero-order chi connectivity index (χ0) is 13.3. The summed E-state index contributed by atoms with van der Waals surface area (Å²) in [7, 11) is 1.94. The second-order valence-corrected chi connectivity index (χ2v) is 4.63. The molecule has 0 aliphatic rings. The number of imidazole rings is 1. The second kappa shape index (κ2) is 4.86. The van der Waals surface area contributed by atoms with Crippen molar-refractivity contribution in [2.24, 2.45) is 12.8 Å². The van der Waals surface area contributed by atoms with Crippen molar-refractivity contribution in [3.8, 4) is 11.6 Å². The van der Waals surface area contributed by atoms with E-state index in [0.717, 1.165) is 22.8 Å². The Morgan fingerprint density at radius 1 is 1.28 bits per heavy atom. The van der Waals surface area contributed by atoms with E-state index < -0.39 is 0 Å². The molecule has 2 N–H and O–H groups in total. The van der Waals surface area contributed by atoms with Crippen LogP contribution < -0.4 is 5.73 Å². The molecule has 5 nitrogen and oxygen atoms in total. The first-order chi connectivity index (χ1) is 8.54. The molecule has 0 saturated heterocycles. The van der Waals surface area contributed by atoms with Gasteiger partial charge in [-0.25, -0.2) is 15.0 Å². The van der Waals surface area contributed by atoms with Crippen molar-refractivity contribution in [2.45, 2.75) is 26.7 Å². The van der Waals surface area contributed by atoms with Crippen LogP contribution in [-0.4, -0.2) is 26.1 Å². The number of rotatable bonds is 3. The summed E-state index contributed by atoms with van der Waals surface area (Å²) in [6.07, 6.45) is 3.64. The van der Waals surface area contributed by atoms with Gasteiger partial charge in [-0.3, -0.25) is 0 Å². The van der Waals surface area contributed by atoms with E-state index in [4.69, 9.17) is 5.73 Å². The fraction of sp³-hybridized carbons (Fsp3) is 0.462. The third-order valence-electron chi connectivity index (χ3n) is 3.19. The Kier molecular flexibility index (Phi) is 3.43. The molecule has 0 radical (unpaired) electrons. The van der Waals surface area contributed by atoms with Crippen molar-refractivity contribution in [1.82, 2.24) is 19.5 Å². The number of hydrogen-bond donors (Lipinski definition) is 1. The molecule has 0 bridgehead atoms. The summed E-state index contributed by atoms with van der Waals surface area (Å²) in [6, 6.07) is 0. The molecule has 0 fully saturated rings. The summed E-state index contributed by atoms with van der Waals surface area (Å²) >= 11 is 0. The third-order valence-corrected chi connectivity index (χ3v) is 3.19. The standard InChI is InChI=1S/C13H19N5/c1-8(7-14)11-9(2)16-12(17-10(11)3)13-15-5-6-18(13)4/h5-6,8H,7,14H2,1-4H3. The quantitative estimate of drug-likeness (QED) is 0.890. The number of nitrogens with two attached hydrogens (primary N) is 1. The first-order valence-corrected chi connectivity index (χ1v) is 6.07. The summed E-state index contributed by atoms with van der Waals surface area (Å²) in [5.74, 6) is 1.74. The maximum Gasteiger partial charge on any atom is 0.196 e. The van der Waals surface area contributed by atoms with Crippen molar-refractivity contribution in [1.29, 1.82) is 0 Å². The Morgan fingerprint density at radius 3 is 2.33 bits per heavy atom. The lowest BCUT2D eigenvalue weighted by Crippen LogP contribution is -2.14. The van der Waals surface area contributed by atoms with Gasteiger partial charge in [-0.1, -0.05) is 6.92 Å².